The molecule has 3 rings (SSSR count). The highest BCUT2D eigenvalue weighted by molar-refractivity contribution is 5.84. The smallest absolute Gasteiger partial charge is 0.0497 e. The number of hydrogen-bond donors (Lipinski definition) is 1. The van der Waals surface area contributed by atoms with Gasteiger partial charge in [-0.25, -0.2) is 0 Å². The van der Waals surface area contributed by atoms with E-state index in [1.54, 1.807) is 0 Å². The van der Waals surface area contributed by atoms with E-state index >= 15 is 0 Å². The Hall–Kier alpha value is -1.41. The van der Waals surface area contributed by atoms with Gasteiger partial charge in [0, 0.05) is 29.7 Å². The Morgan fingerprint density at radius 1 is 1.29 bits per heavy atom. The number of hydrogen-bond acceptors (Lipinski definition) is 2. The molecule has 1 N–H and O–H groups in total. The molecule has 0 bridgehead atoms. The van der Waals surface area contributed by atoms with Crippen molar-refractivity contribution < 1.29 is 0 Å². The van der Waals surface area contributed by atoms with Gasteiger partial charge in [-0.3, -0.25) is 4.98 Å². The highest BCUT2D eigenvalue weighted by Crippen LogP contribution is 2.34. The summed E-state index contributed by atoms with van der Waals surface area (Å²) < 4.78 is 0. The van der Waals surface area contributed by atoms with Crippen molar-refractivity contribution >= 4 is 10.8 Å². The standard InChI is InChI=1S/C15H18N2/c1-16-14(12-6-7-12)10-15-13-5-3-2-4-11(13)8-9-17-15/h2-5,8-9,12,14,16H,6-7,10H2,1H3. The van der Waals surface area contributed by atoms with E-state index in [9.17, 15) is 0 Å². The molecule has 1 heterocycles. The average molecular weight is 226 g/mol. The lowest BCUT2D eigenvalue weighted by atomic mass is 10.0. The molecule has 0 spiro atoms. The normalized spacial score (nSPS) is 17.2. The van der Waals surface area contributed by atoms with E-state index in [0.717, 1.165) is 12.3 Å². The maximum atomic E-state index is 4.56. The molecule has 0 aliphatic heterocycles. The minimum absolute atomic E-state index is 0.591. The van der Waals surface area contributed by atoms with Crippen molar-refractivity contribution in [3.8, 4) is 0 Å². The Kier molecular flexibility index (Phi) is 2.81. The Bertz CT molecular complexity index is 512. The van der Waals surface area contributed by atoms with Crippen LogP contribution < -0.4 is 5.32 Å². The van der Waals surface area contributed by atoms with Crippen molar-refractivity contribution in [2.24, 2.45) is 5.92 Å². The molecule has 0 amide bonds. The first-order chi connectivity index (χ1) is 8.38. The number of nitrogens with zero attached hydrogens (tertiary/aromatic N) is 1. The van der Waals surface area contributed by atoms with Gasteiger partial charge >= 0.3 is 0 Å². The van der Waals surface area contributed by atoms with E-state index in [-0.39, 0.29) is 0 Å². The van der Waals surface area contributed by atoms with Gasteiger partial charge in [-0.15, -0.1) is 0 Å². The quantitative estimate of drug-likeness (QED) is 0.867. The molecular formula is C15H18N2. The maximum Gasteiger partial charge on any atom is 0.0497 e. The minimum atomic E-state index is 0.591. The Morgan fingerprint density at radius 3 is 2.88 bits per heavy atom. The summed E-state index contributed by atoms with van der Waals surface area (Å²) in [5.41, 5.74) is 1.23. The summed E-state index contributed by atoms with van der Waals surface area (Å²) in [4.78, 5) is 4.56. The first-order valence-corrected chi connectivity index (χ1v) is 6.38. The van der Waals surface area contributed by atoms with Gasteiger partial charge in [0.15, 0.2) is 0 Å². The molecular weight excluding hydrogens is 208 g/mol. The van der Waals surface area contributed by atoms with E-state index in [1.807, 2.05) is 6.20 Å². The first kappa shape index (κ1) is 10.7. The summed E-state index contributed by atoms with van der Waals surface area (Å²) in [7, 11) is 2.06. The van der Waals surface area contributed by atoms with Crippen LogP contribution in [-0.4, -0.2) is 18.1 Å². The first-order valence-electron chi connectivity index (χ1n) is 6.38. The number of fused-ring (bicyclic) bond motifs is 1. The van der Waals surface area contributed by atoms with Crippen LogP contribution in [0.2, 0.25) is 0 Å². The van der Waals surface area contributed by atoms with Crippen LogP contribution in [0.1, 0.15) is 18.5 Å². The zero-order chi connectivity index (χ0) is 11.7. The molecule has 1 fully saturated rings. The van der Waals surface area contributed by atoms with E-state index in [4.69, 9.17) is 0 Å². The molecule has 2 heteroatoms. The van der Waals surface area contributed by atoms with Crippen LogP contribution in [0, 0.1) is 5.92 Å². The number of nitrogens with one attached hydrogen (secondary N) is 1. The highest BCUT2D eigenvalue weighted by Gasteiger charge is 2.30. The number of benzene rings is 1. The van der Waals surface area contributed by atoms with E-state index < -0.39 is 0 Å². The molecule has 2 nitrogen and oxygen atoms in total. The van der Waals surface area contributed by atoms with Crippen molar-refractivity contribution in [3.05, 3.63) is 42.2 Å². The number of likely N-dealkylation sites (N-methyl/N-ethyl adjacent to an activating group) is 1. The molecule has 1 unspecified atom stereocenters. The van der Waals surface area contributed by atoms with Crippen LogP contribution in [0.15, 0.2) is 36.5 Å². The van der Waals surface area contributed by atoms with Crippen molar-refractivity contribution in [3.63, 3.8) is 0 Å². The zero-order valence-corrected chi connectivity index (χ0v) is 10.2. The van der Waals surface area contributed by atoms with Crippen LogP contribution in [0.5, 0.6) is 0 Å². The van der Waals surface area contributed by atoms with Gasteiger partial charge < -0.3 is 5.32 Å². The maximum absolute atomic E-state index is 4.56. The molecule has 0 saturated heterocycles. The monoisotopic (exact) mass is 226 g/mol. The molecule has 0 radical (unpaired) electrons. The van der Waals surface area contributed by atoms with Crippen LogP contribution in [0.3, 0.4) is 0 Å². The second-order valence-electron chi connectivity index (χ2n) is 4.92. The van der Waals surface area contributed by atoms with Crippen molar-refractivity contribution in [2.75, 3.05) is 7.05 Å². The second kappa shape index (κ2) is 4.46. The summed E-state index contributed by atoms with van der Waals surface area (Å²) in [6.07, 6.45) is 5.71. The van der Waals surface area contributed by atoms with Crippen molar-refractivity contribution in [1.29, 1.82) is 0 Å². The highest BCUT2D eigenvalue weighted by atomic mass is 14.9. The van der Waals surface area contributed by atoms with Crippen LogP contribution in [-0.2, 0) is 6.42 Å². The molecule has 1 atom stereocenters. The van der Waals surface area contributed by atoms with Gasteiger partial charge in [-0.1, -0.05) is 24.3 Å². The fourth-order valence-electron chi connectivity index (χ4n) is 2.56. The van der Waals surface area contributed by atoms with Crippen LogP contribution in [0.4, 0.5) is 0 Å². The summed E-state index contributed by atoms with van der Waals surface area (Å²) in [6, 6.07) is 11.2. The lowest BCUT2D eigenvalue weighted by molar-refractivity contribution is 0.497. The van der Waals surface area contributed by atoms with E-state index in [0.29, 0.717) is 6.04 Å². The third-order valence-corrected chi connectivity index (χ3v) is 3.73. The number of rotatable bonds is 4. The lowest BCUT2D eigenvalue weighted by Gasteiger charge is -2.15. The third kappa shape index (κ3) is 2.18. The average Bonchev–Trinajstić information content (AvgIpc) is 3.20. The SMILES string of the molecule is CNC(Cc1nccc2ccccc12)C1CC1. The molecule has 1 aliphatic carbocycles. The van der Waals surface area contributed by atoms with Gasteiger partial charge in [-0.05, 0) is 37.3 Å². The number of aromatic nitrogens is 1. The molecule has 1 aromatic carbocycles. The Morgan fingerprint density at radius 2 is 2.12 bits per heavy atom. The summed E-state index contributed by atoms with van der Waals surface area (Å²) in [5, 5.41) is 6.03. The van der Waals surface area contributed by atoms with Gasteiger partial charge in [0.25, 0.3) is 0 Å². The molecule has 2 aromatic rings. The van der Waals surface area contributed by atoms with Crippen LogP contribution >= 0.6 is 0 Å². The predicted molar refractivity (Wildman–Crippen MR) is 71.0 cm³/mol. The van der Waals surface area contributed by atoms with Crippen LogP contribution in [0.25, 0.3) is 10.8 Å². The Labute approximate surface area is 102 Å². The molecule has 17 heavy (non-hydrogen) atoms. The fraction of sp³-hybridized carbons (Fsp3) is 0.400. The van der Waals surface area contributed by atoms with Gasteiger partial charge in [-0.2, -0.15) is 0 Å². The lowest BCUT2D eigenvalue weighted by Crippen LogP contribution is -2.30. The molecule has 88 valence electrons. The third-order valence-electron chi connectivity index (χ3n) is 3.73. The molecule has 1 aliphatic rings. The van der Waals surface area contributed by atoms with Crippen molar-refractivity contribution in [1.82, 2.24) is 10.3 Å². The van der Waals surface area contributed by atoms with Gasteiger partial charge in [0.1, 0.15) is 0 Å². The summed E-state index contributed by atoms with van der Waals surface area (Å²) in [6.45, 7) is 0. The van der Waals surface area contributed by atoms with E-state index in [2.05, 4.69) is 47.7 Å². The van der Waals surface area contributed by atoms with Crippen molar-refractivity contribution in [2.45, 2.75) is 25.3 Å². The zero-order valence-electron chi connectivity index (χ0n) is 10.2. The van der Waals surface area contributed by atoms with Gasteiger partial charge in [0.05, 0.1) is 0 Å². The topological polar surface area (TPSA) is 24.9 Å². The summed E-state index contributed by atoms with van der Waals surface area (Å²) >= 11 is 0. The van der Waals surface area contributed by atoms with E-state index in [1.165, 1.54) is 29.3 Å². The fourth-order valence-corrected chi connectivity index (χ4v) is 2.56. The molecule has 1 aromatic heterocycles. The summed E-state index contributed by atoms with van der Waals surface area (Å²) in [5.74, 6) is 0.862. The Balaban J connectivity index is 1.93. The minimum Gasteiger partial charge on any atom is -0.316 e. The predicted octanol–water partition coefficient (Wildman–Crippen LogP) is 2.78. The number of pyridine rings is 1. The largest absolute Gasteiger partial charge is 0.316 e. The van der Waals surface area contributed by atoms with Gasteiger partial charge in [0.2, 0.25) is 0 Å². The molecule has 1 saturated carbocycles. The second-order valence-corrected chi connectivity index (χ2v) is 4.92.